The third-order valence-electron chi connectivity index (χ3n) is 5.87. The molecular formula is C27H21N2O3S. The summed E-state index contributed by atoms with van der Waals surface area (Å²) in [4.78, 5) is 12.4. The van der Waals surface area contributed by atoms with Gasteiger partial charge in [-0.25, -0.2) is 8.42 Å². The lowest BCUT2D eigenvalue weighted by atomic mass is 10.1. The molecule has 2 N–H and O–H groups in total. The highest BCUT2D eigenvalue weighted by molar-refractivity contribution is 7.90. The molecule has 6 heteroatoms. The fourth-order valence-electron chi connectivity index (χ4n) is 4.33. The van der Waals surface area contributed by atoms with Crippen molar-refractivity contribution in [3.63, 3.8) is 0 Å². The Kier molecular flexibility index (Phi) is 5.23. The minimum atomic E-state index is -3.49. The van der Waals surface area contributed by atoms with Crippen molar-refractivity contribution in [2.24, 2.45) is 5.73 Å². The Morgan fingerprint density at radius 3 is 2.27 bits per heavy atom. The number of nitrogens with zero attached hydrogens (tertiary/aromatic N) is 1. The number of fused-ring (bicyclic) bond motifs is 3. The predicted molar refractivity (Wildman–Crippen MR) is 130 cm³/mol. The van der Waals surface area contributed by atoms with Gasteiger partial charge in [0.25, 0.3) is 0 Å². The first-order valence-corrected chi connectivity index (χ1v) is 12.2. The zero-order valence-corrected chi connectivity index (χ0v) is 18.5. The van der Waals surface area contributed by atoms with Crippen molar-refractivity contribution in [2.45, 2.75) is 17.2 Å². The zero-order valence-electron chi connectivity index (χ0n) is 17.7. The molecule has 0 aliphatic heterocycles. The number of nitrogens with two attached hydrogens (primary N) is 1. The predicted octanol–water partition coefficient (Wildman–Crippen LogP) is 4.72. The summed E-state index contributed by atoms with van der Waals surface area (Å²) in [5, 5.41) is 1.58. The first-order valence-electron chi connectivity index (χ1n) is 10.5. The summed E-state index contributed by atoms with van der Waals surface area (Å²) in [6, 6.07) is 30.4. The number of benzene rings is 4. The number of sulfone groups is 1. The van der Waals surface area contributed by atoms with E-state index in [0.29, 0.717) is 17.0 Å². The largest absolute Gasteiger partial charge is 0.366 e. The number of amides is 1. The van der Waals surface area contributed by atoms with E-state index in [1.54, 1.807) is 36.4 Å². The zero-order chi connectivity index (χ0) is 23.0. The third-order valence-corrected chi connectivity index (χ3v) is 7.55. The molecule has 0 aliphatic rings. The van der Waals surface area contributed by atoms with E-state index in [-0.39, 0.29) is 5.75 Å². The second kappa shape index (κ2) is 8.22. The molecule has 1 aromatic heterocycles. The van der Waals surface area contributed by atoms with Crippen molar-refractivity contribution in [1.29, 1.82) is 0 Å². The van der Waals surface area contributed by atoms with Crippen molar-refractivity contribution in [1.82, 2.24) is 4.57 Å². The van der Waals surface area contributed by atoms with Gasteiger partial charge < -0.3 is 10.3 Å². The van der Waals surface area contributed by atoms with Gasteiger partial charge in [0.1, 0.15) is 0 Å². The minimum absolute atomic E-state index is 0.0943. The first kappa shape index (κ1) is 21.0. The van der Waals surface area contributed by atoms with Gasteiger partial charge in [0.2, 0.25) is 5.91 Å². The third kappa shape index (κ3) is 3.79. The van der Waals surface area contributed by atoms with E-state index in [0.717, 1.165) is 32.9 Å². The maximum Gasteiger partial charge on any atom is 0.249 e. The molecule has 4 aromatic carbocycles. The van der Waals surface area contributed by atoms with E-state index in [4.69, 9.17) is 5.73 Å². The van der Waals surface area contributed by atoms with Gasteiger partial charge in [-0.2, -0.15) is 0 Å². The van der Waals surface area contributed by atoms with E-state index in [1.807, 2.05) is 54.6 Å². The van der Waals surface area contributed by atoms with Gasteiger partial charge in [-0.1, -0.05) is 60.7 Å². The molecule has 0 saturated heterocycles. The number of hydrogen-bond acceptors (Lipinski definition) is 3. The van der Waals surface area contributed by atoms with E-state index in [9.17, 15) is 13.2 Å². The molecule has 0 fully saturated rings. The highest BCUT2D eigenvalue weighted by Gasteiger charge is 2.20. The van der Waals surface area contributed by atoms with Crippen LogP contribution in [0, 0.1) is 6.07 Å². The molecule has 0 atom stereocenters. The average Bonchev–Trinajstić information content (AvgIpc) is 3.14. The number of hydrogen-bond donors (Lipinski definition) is 1. The van der Waals surface area contributed by atoms with Crippen LogP contribution in [-0.4, -0.2) is 18.9 Å². The maximum absolute atomic E-state index is 13.0. The van der Waals surface area contributed by atoms with Crippen LogP contribution in [0.2, 0.25) is 0 Å². The topological polar surface area (TPSA) is 82.2 Å². The monoisotopic (exact) mass is 453 g/mol. The quantitative estimate of drug-likeness (QED) is 0.404. The summed E-state index contributed by atoms with van der Waals surface area (Å²) in [6.45, 7) is 0.445. The van der Waals surface area contributed by atoms with Crippen LogP contribution in [0.15, 0.2) is 95.9 Å². The first-order chi connectivity index (χ1) is 16.0. The number of primary amides is 1. The van der Waals surface area contributed by atoms with Crippen molar-refractivity contribution in [2.75, 3.05) is 0 Å². The fraction of sp³-hybridized carbons (Fsp3) is 0.0741. The lowest BCUT2D eigenvalue weighted by Gasteiger charge is -2.13. The number of carbonyl (C=O) groups excluding carboxylic acids is 1. The van der Waals surface area contributed by atoms with Gasteiger partial charge in [0.15, 0.2) is 9.84 Å². The second-order valence-corrected chi connectivity index (χ2v) is 9.91. The SMILES string of the molecule is NC(=O)c1cccc2c1c1[c]cccc1n2Cc1ccccc1CS(=O)(=O)c1ccccc1. The Balaban J connectivity index is 1.64. The van der Waals surface area contributed by atoms with Crippen LogP contribution in [0.3, 0.4) is 0 Å². The van der Waals surface area contributed by atoms with Crippen molar-refractivity contribution in [3.05, 3.63) is 114 Å². The van der Waals surface area contributed by atoms with Crippen molar-refractivity contribution in [3.8, 4) is 0 Å². The Morgan fingerprint density at radius 1 is 0.818 bits per heavy atom. The van der Waals surface area contributed by atoms with Crippen molar-refractivity contribution >= 4 is 37.6 Å². The van der Waals surface area contributed by atoms with Gasteiger partial charge in [-0.05, 0) is 47.5 Å². The Bertz CT molecular complexity index is 1600. The van der Waals surface area contributed by atoms with Gasteiger partial charge >= 0.3 is 0 Å². The van der Waals surface area contributed by atoms with Crippen LogP contribution in [-0.2, 0) is 22.1 Å². The van der Waals surface area contributed by atoms with Crippen molar-refractivity contribution < 1.29 is 13.2 Å². The summed E-state index contributed by atoms with van der Waals surface area (Å²) in [6.07, 6.45) is 0. The lowest BCUT2D eigenvalue weighted by Crippen LogP contribution is -2.11. The molecule has 1 radical (unpaired) electrons. The summed E-state index contributed by atoms with van der Waals surface area (Å²) >= 11 is 0. The van der Waals surface area contributed by atoms with Crippen LogP contribution in [0.5, 0.6) is 0 Å². The minimum Gasteiger partial charge on any atom is -0.366 e. The van der Waals surface area contributed by atoms with E-state index >= 15 is 0 Å². The molecule has 0 unspecified atom stereocenters. The Hall–Kier alpha value is -3.90. The molecule has 5 aromatic rings. The molecule has 33 heavy (non-hydrogen) atoms. The normalized spacial score (nSPS) is 11.8. The molecule has 5 nitrogen and oxygen atoms in total. The Labute approximate surface area is 192 Å². The van der Waals surface area contributed by atoms with Crippen LogP contribution >= 0.6 is 0 Å². The average molecular weight is 454 g/mol. The van der Waals surface area contributed by atoms with E-state index in [2.05, 4.69) is 10.6 Å². The highest BCUT2D eigenvalue weighted by atomic mass is 32.2. The molecule has 163 valence electrons. The summed E-state index contributed by atoms with van der Waals surface area (Å²) in [5.74, 6) is -0.588. The van der Waals surface area contributed by atoms with Crippen LogP contribution in [0.4, 0.5) is 0 Å². The highest BCUT2D eigenvalue weighted by Crippen LogP contribution is 2.32. The summed E-state index contributed by atoms with van der Waals surface area (Å²) < 4.78 is 28.2. The number of aromatic nitrogens is 1. The molecule has 1 amide bonds. The van der Waals surface area contributed by atoms with E-state index < -0.39 is 15.7 Å². The van der Waals surface area contributed by atoms with Gasteiger partial charge in [-0.3, -0.25) is 4.79 Å². The standard InChI is InChI=1S/C27H21N2O3S/c28-27(30)23-14-8-16-25-26(23)22-13-6-7-15-24(22)29(25)17-19-9-4-5-10-20(19)18-33(31,32)21-11-2-1-3-12-21/h1-12,14-16H,17-18H2,(H2,28,30). The Morgan fingerprint density at radius 2 is 1.52 bits per heavy atom. The maximum atomic E-state index is 13.0. The summed E-state index contributed by atoms with van der Waals surface area (Å²) in [5.41, 5.74) is 9.48. The molecule has 0 spiro atoms. The molecular weight excluding hydrogens is 432 g/mol. The molecule has 1 heterocycles. The van der Waals surface area contributed by atoms with Crippen LogP contribution in [0.1, 0.15) is 21.5 Å². The second-order valence-electron chi connectivity index (χ2n) is 7.92. The van der Waals surface area contributed by atoms with Gasteiger partial charge in [0, 0.05) is 22.9 Å². The summed E-state index contributed by atoms with van der Waals surface area (Å²) in [7, 11) is -3.49. The van der Waals surface area contributed by atoms with Crippen LogP contribution in [0.25, 0.3) is 21.8 Å². The molecule has 0 aliphatic carbocycles. The molecule has 5 rings (SSSR count). The fourth-order valence-corrected chi connectivity index (χ4v) is 5.75. The lowest BCUT2D eigenvalue weighted by molar-refractivity contribution is 0.100. The van der Waals surface area contributed by atoms with Gasteiger partial charge in [-0.15, -0.1) is 0 Å². The molecule has 0 bridgehead atoms. The number of carbonyl (C=O) groups is 1. The molecule has 0 saturated carbocycles. The van der Waals surface area contributed by atoms with Crippen LogP contribution < -0.4 is 5.73 Å². The van der Waals surface area contributed by atoms with E-state index in [1.165, 1.54) is 0 Å². The number of rotatable bonds is 6. The smallest absolute Gasteiger partial charge is 0.249 e. The van der Waals surface area contributed by atoms with Gasteiger partial charge in [0.05, 0.1) is 21.7 Å².